The first-order chi connectivity index (χ1) is 10.2. The van der Waals surface area contributed by atoms with Crippen LogP contribution >= 0.6 is 0 Å². The summed E-state index contributed by atoms with van der Waals surface area (Å²) in [6.45, 7) is 0.139. The van der Waals surface area contributed by atoms with Crippen LogP contribution in [0.5, 0.6) is 0 Å². The van der Waals surface area contributed by atoms with Gasteiger partial charge < -0.3 is 10.2 Å². The van der Waals surface area contributed by atoms with E-state index in [1.807, 2.05) is 24.3 Å². The van der Waals surface area contributed by atoms with Gasteiger partial charge in [0.1, 0.15) is 6.54 Å². The maximum absolute atomic E-state index is 12.5. The lowest BCUT2D eigenvalue weighted by Gasteiger charge is -2.30. The normalized spacial score (nSPS) is 19.0. The van der Waals surface area contributed by atoms with Gasteiger partial charge in [-0.15, -0.1) is 0 Å². The van der Waals surface area contributed by atoms with Crippen molar-refractivity contribution in [2.75, 3.05) is 16.8 Å². The van der Waals surface area contributed by atoms with Crippen molar-refractivity contribution in [2.45, 2.75) is 44.9 Å². The lowest BCUT2D eigenvalue weighted by Crippen LogP contribution is -2.42. The average molecular weight is 286 g/mol. The zero-order valence-corrected chi connectivity index (χ0v) is 12.3. The molecule has 1 heterocycles. The van der Waals surface area contributed by atoms with E-state index in [0.29, 0.717) is 12.3 Å². The van der Waals surface area contributed by atoms with Crippen LogP contribution < -0.4 is 10.2 Å². The van der Waals surface area contributed by atoms with Gasteiger partial charge in [-0.3, -0.25) is 9.59 Å². The highest BCUT2D eigenvalue weighted by Crippen LogP contribution is 2.31. The molecule has 0 aromatic heterocycles. The Bertz CT molecular complexity index is 535. The van der Waals surface area contributed by atoms with Crippen LogP contribution in [0.1, 0.15) is 44.9 Å². The zero-order chi connectivity index (χ0) is 14.7. The molecule has 1 aliphatic heterocycles. The topological polar surface area (TPSA) is 49.4 Å². The van der Waals surface area contributed by atoms with Crippen molar-refractivity contribution < 1.29 is 9.59 Å². The van der Waals surface area contributed by atoms with Crippen molar-refractivity contribution in [2.24, 2.45) is 5.92 Å². The van der Waals surface area contributed by atoms with Crippen molar-refractivity contribution in [1.82, 2.24) is 0 Å². The zero-order valence-electron chi connectivity index (χ0n) is 12.3. The van der Waals surface area contributed by atoms with E-state index < -0.39 is 0 Å². The van der Waals surface area contributed by atoms with Crippen molar-refractivity contribution in [3.8, 4) is 0 Å². The highest BCUT2D eigenvalue weighted by Gasteiger charge is 2.26. The van der Waals surface area contributed by atoms with Crippen LogP contribution in [0.3, 0.4) is 0 Å². The van der Waals surface area contributed by atoms with E-state index >= 15 is 0 Å². The summed E-state index contributed by atoms with van der Waals surface area (Å²) in [7, 11) is 0. The van der Waals surface area contributed by atoms with E-state index in [-0.39, 0.29) is 18.4 Å². The number of hydrogen-bond acceptors (Lipinski definition) is 2. The van der Waals surface area contributed by atoms with Gasteiger partial charge in [-0.25, -0.2) is 0 Å². The third-order valence-corrected chi connectivity index (χ3v) is 4.56. The van der Waals surface area contributed by atoms with E-state index in [1.54, 1.807) is 4.90 Å². The van der Waals surface area contributed by atoms with Crippen molar-refractivity contribution in [1.29, 1.82) is 0 Å². The van der Waals surface area contributed by atoms with Gasteiger partial charge in [0.25, 0.3) is 0 Å². The molecule has 0 saturated heterocycles. The molecule has 0 atom stereocenters. The van der Waals surface area contributed by atoms with Crippen LogP contribution in [0.4, 0.5) is 11.4 Å². The highest BCUT2D eigenvalue weighted by atomic mass is 16.2. The van der Waals surface area contributed by atoms with E-state index in [9.17, 15) is 9.59 Å². The molecule has 112 valence electrons. The van der Waals surface area contributed by atoms with E-state index in [4.69, 9.17) is 0 Å². The Morgan fingerprint density at radius 3 is 2.76 bits per heavy atom. The Hall–Kier alpha value is -1.84. The minimum atomic E-state index is -0.111. The molecule has 0 unspecified atom stereocenters. The molecule has 0 radical (unpaired) electrons. The molecule has 4 nitrogen and oxygen atoms in total. The van der Waals surface area contributed by atoms with Crippen LogP contribution in [0.25, 0.3) is 0 Å². The molecule has 21 heavy (non-hydrogen) atoms. The Kier molecular flexibility index (Phi) is 4.23. The molecule has 1 fully saturated rings. The predicted octanol–water partition coefficient (Wildman–Crippen LogP) is 3.33. The highest BCUT2D eigenvalue weighted by molar-refractivity contribution is 6.09. The summed E-state index contributed by atoms with van der Waals surface area (Å²) >= 11 is 0. The second-order valence-corrected chi connectivity index (χ2v) is 6.09. The van der Waals surface area contributed by atoms with E-state index in [0.717, 1.165) is 17.8 Å². The monoisotopic (exact) mass is 286 g/mol. The molecule has 1 aromatic rings. The minimum absolute atomic E-state index is 0.0721. The number of nitrogens with zero attached hydrogens (tertiary/aromatic N) is 1. The van der Waals surface area contributed by atoms with Gasteiger partial charge in [0, 0.05) is 6.42 Å². The Labute approximate surface area is 125 Å². The number of fused-ring (bicyclic) bond motifs is 1. The molecule has 1 aromatic carbocycles. The number of hydrogen-bond donors (Lipinski definition) is 1. The number of carbonyl (C=O) groups is 2. The summed E-state index contributed by atoms with van der Waals surface area (Å²) < 4.78 is 0. The number of anilines is 2. The SMILES string of the molecule is O=C1CN(C(=O)CCC2CCCCC2)c2ccccc2N1. The Morgan fingerprint density at radius 2 is 1.95 bits per heavy atom. The fourth-order valence-corrected chi connectivity index (χ4v) is 3.39. The number of nitrogens with one attached hydrogen (secondary N) is 1. The molecule has 1 saturated carbocycles. The Balaban J connectivity index is 1.65. The quantitative estimate of drug-likeness (QED) is 0.926. The fraction of sp³-hybridized carbons (Fsp3) is 0.529. The van der Waals surface area contributed by atoms with Crippen molar-refractivity contribution >= 4 is 23.2 Å². The Morgan fingerprint density at radius 1 is 1.19 bits per heavy atom. The lowest BCUT2D eigenvalue weighted by atomic mass is 9.86. The fourth-order valence-electron chi connectivity index (χ4n) is 3.39. The molecule has 0 spiro atoms. The molecule has 2 amide bonds. The average Bonchev–Trinajstić information content (AvgIpc) is 2.52. The standard InChI is InChI=1S/C17H22N2O2/c20-16-12-19(15-9-5-4-8-14(15)18-16)17(21)11-10-13-6-2-1-3-7-13/h4-5,8-9,13H,1-3,6-7,10-12H2,(H,18,20). The van der Waals surface area contributed by atoms with Gasteiger partial charge in [-0.2, -0.15) is 0 Å². The predicted molar refractivity (Wildman–Crippen MR) is 83.2 cm³/mol. The van der Waals surface area contributed by atoms with E-state index in [2.05, 4.69) is 5.32 Å². The third kappa shape index (κ3) is 3.26. The van der Waals surface area contributed by atoms with Gasteiger partial charge in [0.05, 0.1) is 11.4 Å². The summed E-state index contributed by atoms with van der Waals surface area (Å²) in [5, 5.41) is 2.82. The molecule has 2 aliphatic rings. The smallest absolute Gasteiger partial charge is 0.244 e. The first-order valence-corrected chi connectivity index (χ1v) is 7.93. The summed E-state index contributed by atoms with van der Waals surface area (Å²) in [6, 6.07) is 7.51. The van der Waals surface area contributed by atoms with E-state index in [1.165, 1.54) is 32.1 Å². The number of carbonyl (C=O) groups excluding carboxylic acids is 2. The van der Waals surface area contributed by atoms with Gasteiger partial charge in [0.2, 0.25) is 11.8 Å². The second kappa shape index (κ2) is 6.29. The summed E-state index contributed by atoms with van der Waals surface area (Å²) in [5.74, 6) is 0.652. The third-order valence-electron chi connectivity index (χ3n) is 4.56. The number of rotatable bonds is 3. The van der Waals surface area contributed by atoms with Gasteiger partial charge in [0.15, 0.2) is 0 Å². The lowest BCUT2D eigenvalue weighted by molar-refractivity contribution is -0.122. The molecule has 4 heteroatoms. The van der Waals surface area contributed by atoms with Crippen LogP contribution in [-0.2, 0) is 9.59 Å². The molecular formula is C17H22N2O2. The first-order valence-electron chi connectivity index (χ1n) is 7.93. The van der Waals surface area contributed by atoms with Gasteiger partial charge in [-0.1, -0.05) is 44.2 Å². The largest absolute Gasteiger partial charge is 0.323 e. The molecule has 1 N–H and O–H groups in total. The second-order valence-electron chi connectivity index (χ2n) is 6.09. The molecule has 0 bridgehead atoms. The first kappa shape index (κ1) is 14.1. The maximum Gasteiger partial charge on any atom is 0.244 e. The molecule has 1 aliphatic carbocycles. The van der Waals surface area contributed by atoms with Crippen LogP contribution in [-0.4, -0.2) is 18.4 Å². The van der Waals surface area contributed by atoms with Crippen molar-refractivity contribution in [3.63, 3.8) is 0 Å². The van der Waals surface area contributed by atoms with Crippen LogP contribution in [0.2, 0.25) is 0 Å². The number of amides is 2. The van der Waals surface area contributed by atoms with Gasteiger partial charge >= 0.3 is 0 Å². The number of para-hydroxylation sites is 2. The molecular weight excluding hydrogens is 264 g/mol. The van der Waals surface area contributed by atoms with Crippen LogP contribution in [0, 0.1) is 5.92 Å². The summed E-state index contributed by atoms with van der Waals surface area (Å²) in [5.41, 5.74) is 1.56. The minimum Gasteiger partial charge on any atom is -0.323 e. The van der Waals surface area contributed by atoms with Gasteiger partial charge in [-0.05, 0) is 24.5 Å². The number of benzene rings is 1. The molecule has 3 rings (SSSR count). The van der Waals surface area contributed by atoms with Crippen molar-refractivity contribution in [3.05, 3.63) is 24.3 Å². The maximum atomic E-state index is 12.5. The van der Waals surface area contributed by atoms with Crippen LogP contribution in [0.15, 0.2) is 24.3 Å². The summed E-state index contributed by atoms with van der Waals surface area (Å²) in [4.78, 5) is 25.9. The summed E-state index contributed by atoms with van der Waals surface area (Å²) in [6.07, 6.45) is 7.95.